The van der Waals surface area contributed by atoms with Gasteiger partial charge in [-0.2, -0.15) is 0 Å². The van der Waals surface area contributed by atoms with Crippen LogP contribution in [-0.4, -0.2) is 20.3 Å². The topological polar surface area (TPSA) is 44.5 Å². The van der Waals surface area contributed by atoms with Gasteiger partial charge in [0.1, 0.15) is 0 Å². The molecule has 0 bridgehead atoms. The van der Waals surface area contributed by atoms with Crippen molar-refractivity contribution >= 4 is 12.4 Å². The van der Waals surface area contributed by atoms with Crippen molar-refractivity contribution < 1.29 is 9.47 Å². The molecule has 1 aromatic rings. The lowest BCUT2D eigenvalue weighted by Crippen LogP contribution is -2.03. The Labute approximate surface area is 97.0 Å². The first kappa shape index (κ1) is 14.1. The number of ether oxygens (including phenoxy) is 2. The van der Waals surface area contributed by atoms with Gasteiger partial charge in [-0.1, -0.05) is 6.07 Å². The fraction of sp³-hybridized carbons (Fsp3) is 0.455. The second-order valence-electron chi connectivity index (χ2n) is 2.96. The van der Waals surface area contributed by atoms with E-state index in [4.69, 9.17) is 15.2 Å². The largest absolute Gasteiger partial charge is 0.493 e. The Morgan fingerprint density at radius 1 is 1.27 bits per heavy atom. The third-order valence-corrected chi connectivity index (χ3v) is 1.96. The van der Waals surface area contributed by atoms with Crippen LogP contribution in [0.5, 0.6) is 11.5 Å². The molecule has 15 heavy (non-hydrogen) atoms. The summed E-state index contributed by atoms with van der Waals surface area (Å²) in [5, 5.41) is 0. The minimum atomic E-state index is 0. The zero-order valence-corrected chi connectivity index (χ0v) is 9.97. The van der Waals surface area contributed by atoms with Gasteiger partial charge in [-0.05, 0) is 37.6 Å². The smallest absolute Gasteiger partial charge is 0.161 e. The van der Waals surface area contributed by atoms with E-state index in [9.17, 15) is 0 Å². The van der Waals surface area contributed by atoms with Crippen LogP contribution in [0.15, 0.2) is 18.2 Å². The fourth-order valence-electron chi connectivity index (χ4n) is 1.31. The molecule has 0 unspecified atom stereocenters. The molecule has 86 valence electrons. The Balaban J connectivity index is 0.00000196. The fourth-order valence-corrected chi connectivity index (χ4v) is 1.31. The molecule has 0 radical (unpaired) electrons. The number of halogens is 1. The van der Waals surface area contributed by atoms with Crippen molar-refractivity contribution in [3.63, 3.8) is 0 Å². The van der Waals surface area contributed by atoms with Crippen molar-refractivity contribution in [1.82, 2.24) is 0 Å². The molecule has 0 aliphatic heterocycles. The standard InChI is InChI=1S/C11H17NO2.ClH/c1-3-14-11-8-9(6-7-12)4-5-10(11)13-2;/h4-5,8H,3,6-7,12H2,1-2H3;1H. The number of benzene rings is 1. The highest BCUT2D eigenvalue weighted by Gasteiger charge is 2.04. The third kappa shape index (κ3) is 3.98. The van der Waals surface area contributed by atoms with E-state index in [0.717, 1.165) is 17.9 Å². The van der Waals surface area contributed by atoms with E-state index >= 15 is 0 Å². The monoisotopic (exact) mass is 231 g/mol. The van der Waals surface area contributed by atoms with Crippen LogP contribution >= 0.6 is 12.4 Å². The molecule has 0 saturated heterocycles. The highest BCUT2D eigenvalue weighted by molar-refractivity contribution is 5.85. The minimum Gasteiger partial charge on any atom is -0.493 e. The SMILES string of the molecule is CCOc1cc(CCN)ccc1OC.Cl. The molecule has 0 aliphatic rings. The molecule has 0 heterocycles. The Morgan fingerprint density at radius 3 is 2.53 bits per heavy atom. The molecular weight excluding hydrogens is 214 g/mol. The van der Waals surface area contributed by atoms with Gasteiger partial charge in [0.2, 0.25) is 0 Å². The van der Waals surface area contributed by atoms with Gasteiger partial charge in [0.15, 0.2) is 11.5 Å². The second kappa shape index (κ2) is 7.37. The maximum Gasteiger partial charge on any atom is 0.161 e. The van der Waals surface area contributed by atoms with Crippen molar-refractivity contribution in [3.05, 3.63) is 23.8 Å². The van der Waals surface area contributed by atoms with Gasteiger partial charge in [0.25, 0.3) is 0 Å². The third-order valence-electron chi connectivity index (χ3n) is 1.96. The Bertz CT molecular complexity index is 292. The van der Waals surface area contributed by atoms with E-state index in [1.807, 2.05) is 25.1 Å². The first-order chi connectivity index (χ1) is 6.81. The highest BCUT2D eigenvalue weighted by Crippen LogP contribution is 2.27. The summed E-state index contributed by atoms with van der Waals surface area (Å²) in [5.74, 6) is 1.56. The Kier molecular flexibility index (Phi) is 6.92. The van der Waals surface area contributed by atoms with Crippen molar-refractivity contribution in [2.45, 2.75) is 13.3 Å². The molecule has 4 heteroatoms. The van der Waals surface area contributed by atoms with Gasteiger partial charge in [-0.15, -0.1) is 12.4 Å². The van der Waals surface area contributed by atoms with Crippen molar-refractivity contribution in [3.8, 4) is 11.5 Å². The number of hydrogen-bond donors (Lipinski definition) is 1. The quantitative estimate of drug-likeness (QED) is 0.843. The van der Waals surface area contributed by atoms with Gasteiger partial charge in [-0.25, -0.2) is 0 Å². The van der Waals surface area contributed by atoms with E-state index in [-0.39, 0.29) is 12.4 Å². The van der Waals surface area contributed by atoms with Gasteiger partial charge in [-0.3, -0.25) is 0 Å². The molecule has 2 N–H and O–H groups in total. The van der Waals surface area contributed by atoms with Gasteiger partial charge in [0.05, 0.1) is 13.7 Å². The molecule has 1 rings (SSSR count). The van der Waals surface area contributed by atoms with Crippen LogP contribution in [0.2, 0.25) is 0 Å². The predicted molar refractivity (Wildman–Crippen MR) is 64.2 cm³/mol. The molecule has 0 aliphatic carbocycles. The Hall–Kier alpha value is -0.930. The summed E-state index contributed by atoms with van der Waals surface area (Å²) >= 11 is 0. The molecule has 0 saturated carbocycles. The van der Waals surface area contributed by atoms with Gasteiger partial charge >= 0.3 is 0 Å². The van der Waals surface area contributed by atoms with Crippen molar-refractivity contribution in [2.75, 3.05) is 20.3 Å². The average Bonchev–Trinajstić information content (AvgIpc) is 2.19. The van der Waals surface area contributed by atoms with E-state index < -0.39 is 0 Å². The summed E-state index contributed by atoms with van der Waals surface area (Å²) < 4.78 is 10.6. The van der Waals surface area contributed by atoms with E-state index in [1.54, 1.807) is 7.11 Å². The minimum absolute atomic E-state index is 0. The lowest BCUT2D eigenvalue weighted by Gasteiger charge is -2.10. The average molecular weight is 232 g/mol. The van der Waals surface area contributed by atoms with Gasteiger partial charge in [0, 0.05) is 0 Å². The second-order valence-corrected chi connectivity index (χ2v) is 2.96. The molecule has 1 aromatic carbocycles. The molecular formula is C11H18ClNO2. The summed E-state index contributed by atoms with van der Waals surface area (Å²) in [5.41, 5.74) is 6.66. The molecule has 0 atom stereocenters. The van der Waals surface area contributed by atoms with Crippen LogP contribution in [0.3, 0.4) is 0 Å². The number of hydrogen-bond acceptors (Lipinski definition) is 3. The zero-order chi connectivity index (χ0) is 10.4. The first-order valence-corrected chi connectivity index (χ1v) is 4.81. The predicted octanol–water partition coefficient (Wildman–Crippen LogP) is 2.02. The number of rotatable bonds is 5. The molecule has 0 amide bonds. The normalized spacial score (nSPS) is 9.27. The lowest BCUT2D eigenvalue weighted by molar-refractivity contribution is 0.310. The Morgan fingerprint density at radius 2 is 2.00 bits per heavy atom. The zero-order valence-electron chi connectivity index (χ0n) is 9.16. The molecule has 0 aromatic heterocycles. The molecule has 3 nitrogen and oxygen atoms in total. The molecule has 0 fully saturated rings. The maximum absolute atomic E-state index is 5.48. The summed E-state index contributed by atoms with van der Waals surface area (Å²) in [6, 6.07) is 5.90. The van der Waals surface area contributed by atoms with E-state index in [0.29, 0.717) is 13.2 Å². The van der Waals surface area contributed by atoms with Crippen LogP contribution in [-0.2, 0) is 6.42 Å². The van der Waals surface area contributed by atoms with E-state index in [1.165, 1.54) is 5.56 Å². The van der Waals surface area contributed by atoms with Crippen LogP contribution in [0, 0.1) is 0 Å². The van der Waals surface area contributed by atoms with Crippen molar-refractivity contribution in [1.29, 1.82) is 0 Å². The summed E-state index contributed by atoms with van der Waals surface area (Å²) in [7, 11) is 1.64. The van der Waals surface area contributed by atoms with Crippen LogP contribution < -0.4 is 15.2 Å². The first-order valence-electron chi connectivity index (χ1n) is 4.81. The van der Waals surface area contributed by atoms with Gasteiger partial charge < -0.3 is 15.2 Å². The highest BCUT2D eigenvalue weighted by atomic mass is 35.5. The number of methoxy groups -OCH3 is 1. The van der Waals surface area contributed by atoms with Crippen LogP contribution in [0.4, 0.5) is 0 Å². The van der Waals surface area contributed by atoms with Crippen LogP contribution in [0.1, 0.15) is 12.5 Å². The summed E-state index contributed by atoms with van der Waals surface area (Å²) in [4.78, 5) is 0. The lowest BCUT2D eigenvalue weighted by atomic mass is 10.1. The van der Waals surface area contributed by atoms with E-state index in [2.05, 4.69) is 0 Å². The van der Waals surface area contributed by atoms with Crippen LogP contribution in [0.25, 0.3) is 0 Å². The number of nitrogens with two attached hydrogens (primary N) is 1. The summed E-state index contributed by atoms with van der Waals surface area (Å²) in [6.45, 7) is 3.25. The maximum atomic E-state index is 5.48. The molecule has 0 spiro atoms. The van der Waals surface area contributed by atoms with Crippen molar-refractivity contribution in [2.24, 2.45) is 5.73 Å². The summed E-state index contributed by atoms with van der Waals surface area (Å²) in [6.07, 6.45) is 0.865.